The van der Waals surface area contributed by atoms with E-state index < -0.39 is 12.7 Å². The second-order valence-corrected chi connectivity index (χ2v) is 4.80. The molecule has 1 aliphatic carbocycles. The highest BCUT2D eigenvalue weighted by molar-refractivity contribution is 5.45. The Bertz CT molecular complexity index is 415. The van der Waals surface area contributed by atoms with Crippen LogP contribution in [0.25, 0.3) is 0 Å². The molecule has 1 unspecified atom stereocenters. The van der Waals surface area contributed by atoms with Gasteiger partial charge in [0.1, 0.15) is 0 Å². The molecule has 0 aromatic heterocycles. The Labute approximate surface area is 104 Å². The van der Waals surface area contributed by atoms with E-state index >= 15 is 0 Å². The third-order valence-electron chi connectivity index (χ3n) is 3.35. The fourth-order valence-corrected chi connectivity index (χ4v) is 2.39. The fourth-order valence-electron chi connectivity index (χ4n) is 2.39. The molecule has 0 saturated heterocycles. The summed E-state index contributed by atoms with van der Waals surface area (Å²) in [5.41, 5.74) is 8.82. The monoisotopic (exact) mass is 258 g/mol. The lowest BCUT2D eigenvalue weighted by Crippen LogP contribution is -2.37. The Balaban J connectivity index is 1.95. The maximum absolute atomic E-state index is 12.1. The number of fused-ring (bicyclic) bond motifs is 1. The molecule has 1 aromatic rings. The van der Waals surface area contributed by atoms with Gasteiger partial charge in [-0.3, -0.25) is 0 Å². The van der Waals surface area contributed by atoms with Crippen LogP contribution in [0.15, 0.2) is 18.2 Å². The zero-order valence-corrected chi connectivity index (χ0v) is 10.1. The largest absolute Gasteiger partial charge is 0.401 e. The molecular weight excluding hydrogens is 241 g/mol. The molecule has 18 heavy (non-hydrogen) atoms. The van der Waals surface area contributed by atoms with Crippen molar-refractivity contribution in [3.63, 3.8) is 0 Å². The van der Waals surface area contributed by atoms with Crippen LogP contribution in [0.4, 0.5) is 18.9 Å². The van der Waals surface area contributed by atoms with Crippen LogP contribution in [0, 0.1) is 0 Å². The van der Waals surface area contributed by atoms with Gasteiger partial charge in [-0.05, 0) is 48.9 Å². The van der Waals surface area contributed by atoms with E-state index in [1.807, 2.05) is 18.2 Å². The number of alkyl halides is 3. The minimum atomic E-state index is -4.14. The quantitative estimate of drug-likeness (QED) is 0.632. The highest BCUT2D eigenvalue weighted by atomic mass is 19.4. The van der Waals surface area contributed by atoms with Crippen molar-refractivity contribution in [3.8, 4) is 0 Å². The fraction of sp³-hybridized carbons (Fsp3) is 0.538. The van der Waals surface area contributed by atoms with Gasteiger partial charge in [-0.25, -0.2) is 0 Å². The van der Waals surface area contributed by atoms with Gasteiger partial charge in [-0.1, -0.05) is 6.07 Å². The van der Waals surface area contributed by atoms with E-state index in [2.05, 4.69) is 5.32 Å². The molecule has 100 valence electrons. The molecule has 0 bridgehead atoms. The average Bonchev–Trinajstić information content (AvgIpc) is 2.47. The van der Waals surface area contributed by atoms with Crippen molar-refractivity contribution in [3.05, 3.63) is 29.3 Å². The van der Waals surface area contributed by atoms with Gasteiger partial charge in [0.2, 0.25) is 0 Å². The van der Waals surface area contributed by atoms with Crippen LogP contribution < -0.4 is 11.1 Å². The van der Waals surface area contributed by atoms with E-state index in [1.54, 1.807) is 0 Å². The van der Waals surface area contributed by atoms with Crippen LogP contribution in [-0.4, -0.2) is 18.8 Å². The second kappa shape index (κ2) is 5.18. The van der Waals surface area contributed by atoms with Gasteiger partial charge in [0.25, 0.3) is 0 Å². The van der Waals surface area contributed by atoms with E-state index in [1.165, 1.54) is 11.1 Å². The summed E-state index contributed by atoms with van der Waals surface area (Å²) in [6.07, 6.45) is -1.07. The minimum Gasteiger partial charge on any atom is -0.399 e. The number of aryl methyl sites for hydroxylation is 2. The molecule has 0 saturated carbocycles. The number of halogens is 3. The normalized spacial score (nSPS) is 20.3. The molecule has 2 nitrogen and oxygen atoms in total. The SMILES string of the molecule is Nc1ccc2c(c1)CCC(NCC(F)(F)F)CC2. The lowest BCUT2D eigenvalue weighted by Gasteiger charge is -2.17. The smallest absolute Gasteiger partial charge is 0.399 e. The molecule has 2 rings (SSSR count). The van der Waals surface area contributed by atoms with Crippen LogP contribution in [0.2, 0.25) is 0 Å². The summed E-state index contributed by atoms with van der Waals surface area (Å²) in [4.78, 5) is 0. The first-order valence-corrected chi connectivity index (χ1v) is 6.11. The van der Waals surface area contributed by atoms with Gasteiger partial charge < -0.3 is 11.1 Å². The molecular formula is C13H17F3N2. The average molecular weight is 258 g/mol. The molecule has 3 N–H and O–H groups in total. The summed E-state index contributed by atoms with van der Waals surface area (Å²) in [5.74, 6) is 0. The zero-order chi connectivity index (χ0) is 13.2. The first-order chi connectivity index (χ1) is 8.44. The van der Waals surface area contributed by atoms with E-state index in [4.69, 9.17) is 5.73 Å². The topological polar surface area (TPSA) is 38.0 Å². The van der Waals surface area contributed by atoms with E-state index in [0.29, 0.717) is 0 Å². The maximum Gasteiger partial charge on any atom is 0.401 e. The highest BCUT2D eigenvalue weighted by Gasteiger charge is 2.28. The minimum absolute atomic E-state index is 0.0692. The first-order valence-electron chi connectivity index (χ1n) is 6.11. The van der Waals surface area contributed by atoms with E-state index in [-0.39, 0.29) is 6.04 Å². The number of anilines is 1. The summed E-state index contributed by atoms with van der Waals surface area (Å²) in [5, 5.41) is 2.59. The maximum atomic E-state index is 12.1. The molecule has 0 aliphatic heterocycles. The molecule has 1 aromatic carbocycles. The van der Waals surface area contributed by atoms with Crippen molar-refractivity contribution < 1.29 is 13.2 Å². The van der Waals surface area contributed by atoms with Crippen molar-refractivity contribution in [1.82, 2.24) is 5.32 Å². The second-order valence-electron chi connectivity index (χ2n) is 4.80. The Kier molecular flexibility index (Phi) is 3.80. The Morgan fingerprint density at radius 1 is 1.17 bits per heavy atom. The van der Waals surface area contributed by atoms with Gasteiger partial charge in [0.05, 0.1) is 6.54 Å². The van der Waals surface area contributed by atoms with Crippen molar-refractivity contribution in [2.75, 3.05) is 12.3 Å². The van der Waals surface area contributed by atoms with Crippen molar-refractivity contribution in [2.45, 2.75) is 37.9 Å². The molecule has 0 radical (unpaired) electrons. The molecule has 0 spiro atoms. The van der Waals surface area contributed by atoms with Crippen molar-refractivity contribution in [1.29, 1.82) is 0 Å². The molecule has 5 heteroatoms. The summed E-state index contributed by atoms with van der Waals surface area (Å²) in [6, 6.07) is 5.70. The summed E-state index contributed by atoms with van der Waals surface area (Å²) in [6.45, 7) is -0.907. The van der Waals surface area contributed by atoms with Crippen LogP contribution in [0.5, 0.6) is 0 Å². The number of nitrogens with two attached hydrogens (primary N) is 1. The Morgan fingerprint density at radius 2 is 1.83 bits per heavy atom. The van der Waals surface area contributed by atoms with Crippen LogP contribution >= 0.6 is 0 Å². The van der Waals surface area contributed by atoms with Crippen molar-refractivity contribution >= 4 is 5.69 Å². The Morgan fingerprint density at radius 3 is 2.50 bits per heavy atom. The number of nitrogen functional groups attached to an aromatic ring is 1. The highest BCUT2D eigenvalue weighted by Crippen LogP contribution is 2.23. The van der Waals surface area contributed by atoms with Crippen molar-refractivity contribution in [2.24, 2.45) is 0 Å². The van der Waals surface area contributed by atoms with E-state index in [0.717, 1.165) is 31.4 Å². The lowest BCUT2D eigenvalue weighted by atomic mass is 10.0. The predicted molar refractivity (Wildman–Crippen MR) is 65.3 cm³/mol. The van der Waals surface area contributed by atoms with Crippen LogP contribution in [-0.2, 0) is 12.8 Å². The number of rotatable bonds is 2. The lowest BCUT2D eigenvalue weighted by molar-refractivity contribution is -0.126. The standard InChI is InChI=1S/C13H17F3N2/c14-13(15,16)8-18-12-5-2-9-1-4-11(17)7-10(9)3-6-12/h1,4,7,12,18H,2-3,5-6,8,17H2. The third-order valence-corrected chi connectivity index (χ3v) is 3.35. The summed E-state index contributed by atoms with van der Waals surface area (Å²) in [7, 11) is 0. The third kappa shape index (κ3) is 3.63. The van der Waals surface area contributed by atoms with Gasteiger partial charge >= 0.3 is 6.18 Å². The molecule has 0 amide bonds. The molecule has 1 aliphatic rings. The summed E-state index contributed by atoms with van der Waals surface area (Å²) < 4.78 is 36.4. The van der Waals surface area contributed by atoms with Crippen LogP contribution in [0.1, 0.15) is 24.0 Å². The molecule has 0 fully saturated rings. The van der Waals surface area contributed by atoms with Gasteiger partial charge in [0.15, 0.2) is 0 Å². The number of hydrogen-bond acceptors (Lipinski definition) is 2. The van der Waals surface area contributed by atoms with Gasteiger partial charge in [0, 0.05) is 11.7 Å². The molecule has 1 atom stereocenters. The predicted octanol–water partition coefficient (Wildman–Crippen LogP) is 2.67. The number of hydrogen-bond donors (Lipinski definition) is 2. The summed E-state index contributed by atoms with van der Waals surface area (Å²) >= 11 is 0. The molecule has 0 heterocycles. The first kappa shape index (κ1) is 13.2. The van der Waals surface area contributed by atoms with Crippen LogP contribution in [0.3, 0.4) is 0 Å². The Hall–Kier alpha value is -1.23. The van der Waals surface area contributed by atoms with Gasteiger partial charge in [-0.2, -0.15) is 13.2 Å². The number of benzene rings is 1. The van der Waals surface area contributed by atoms with E-state index in [9.17, 15) is 13.2 Å². The zero-order valence-electron chi connectivity index (χ0n) is 10.1. The number of nitrogens with one attached hydrogen (secondary N) is 1. The van der Waals surface area contributed by atoms with Gasteiger partial charge in [-0.15, -0.1) is 0 Å².